The molecule has 3 N–H and O–H groups in total. The van der Waals surface area contributed by atoms with Crippen molar-refractivity contribution in [3.8, 4) is 11.1 Å². The average molecular weight is 554 g/mol. The van der Waals surface area contributed by atoms with Gasteiger partial charge in [-0.15, -0.1) is 0 Å². The maximum absolute atomic E-state index is 13.3. The van der Waals surface area contributed by atoms with E-state index in [-0.39, 0.29) is 37.3 Å². The lowest BCUT2D eigenvalue weighted by molar-refractivity contribution is -0.137. The number of fused-ring (bicyclic) bond motifs is 5. The van der Waals surface area contributed by atoms with E-state index in [0.29, 0.717) is 11.8 Å². The zero-order chi connectivity index (χ0) is 28.3. The predicted octanol–water partition coefficient (Wildman–Crippen LogP) is 4.40. The van der Waals surface area contributed by atoms with Gasteiger partial charge in [-0.1, -0.05) is 78.9 Å². The van der Waals surface area contributed by atoms with Crippen molar-refractivity contribution in [1.29, 1.82) is 0 Å². The van der Waals surface area contributed by atoms with E-state index in [0.717, 1.165) is 48.3 Å². The largest absolute Gasteiger partial charge is 0.481 e. The average Bonchev–Trinajstić information content (AvgIpc) is 3.31. The number of alkyl carbamates (subject to hydrolysis) is 1. The highest BCUT2D eigenvalue weighted by Crippen LogP contribution is 2.44. The Kier molecular flexibility index (Phi) is 7.74. The normalized spacial score (nSPS) is 21.6. The number of ether oxygens (including phenoxy) is 1. The van der Waals surface area contributed by atoms with Gasteiger partial charge in [-0.05, 0) is 52.5 Å². The zero-order valence-electron chi connectivity index (χ0n) is 22.9. The van der Waals surface area contributed by atoms with Crippen LogP contribution in [0.4, 0.5) is 4.79 Å². The second-order valence-electron chi connectivity index (χ2n) is 11.4. The van der Waals surface area contributed by atoms with Crippen molar-refractivity contribution in [2.75, 3.05) is 19.7 Å². The summed E-state index contributed by atoms with van der Waals surface area (Å²) in [5, 5.41) is 15.0. The van der Waals surface area contributed by atoms with E-state index in [1.54, 1.807) is 0 Å². The molecule has 2 bridgehead atoms. The Morgan fingerprint density at radius 1 is 0.878 bits per heavy atom. The van der Waals surface area contributed by atoms with Gasteiger partial charge in [-0.2, -0.15) is 0 Å². The number of carboxylic acid groups (broad SMARTS) is 1. The predicted molar refractivity (Wildman–Crippen MR) is 154 cm³/mol. The summed E-state index contributed by atoms with van der Waals surface area (Å²) in [7, 11) is 0. The number of piperidine rings is 2. The van der Waals surface area contributed by atoms with Crippen LogP contribution in [0.3, 0.4) is 0 Å². The molecule has 2 heterocycles. The number of nitrogens with one attached hydrogen (secondary N) is 2. The van der Waals surface area contributed by atoms with Gasteiger partial charge >= 0.3 is 12.1 Å². The molecule has 0 aromatic heterocycles. The fourth-order valence-electron chi connectivity index (χ4n) is 6.78. The molecule has 2 saturated heterocycles. The van der Waals surface area contributed by atoms with Crippen molar-refractivity contribution >= 4 is 18.0 Å². The molecule has 3 aromatic carbocycles. The third kappa shape index (κ3) is 5.84. The number of carbonyl (C=O) groups excluding carboxylic acids is 2. The van der Waals surface area contributed by atoms with Crippen LogP contribution in [0.5, 0.6) is 0 Å². The van der Waals surface area contributed by atoms with Crippen LogP contribution in [0.1, 0.15) is 41.9 Å². The van der Waals surface area contributed by atoms with E-state index < -0.39 is 18.1 Å². The quantitative estimate of drug-likeness (QED) is 0.344. The van der Waals surface area contributed by atoms with Crippen LogP contribution >= 0.6 is 0 Å². The van der Waals surface area contributed by atoms with Crippen molar-refractivity contribution < 1.29 is 24.2 Å². The molecule has 41 heavy (non-hydrogen) atoms. The highest BCUT2D eigenvalue weighted by atomic mass is 16.5. The molecule has 3 atom stereocenters. The van der Waals surface area contributed by atoms with E-state index in [4.69, 9.17) is 4.74 Å². The lowest BCUT2D eigenvalue weighted by Gasteiger charge is -2.54. The summed E-state index contributed by atoms with van der Waals surface area (Å²) in [6.45, 7) is 2.81. The summed E-state index contributed by atoms with van der Waals surface area (Å²) < 4.78 is 5.63. The molecular weight excluding hydrogens is 518 g/mol. The minimum Gasteiger partial charge on any atom is -0.481 e. The fraction of sp³-hybridized carbons (Fsp3) is 0.364. The van der Waals surface area contributed by atoms with Gasteiger partial charge in [0.1, 0.15) is 12.6 Å². The summed E-state index contributed by atoms with van der Waals surface area (Å²) >= 11 is 0. The maximum atomic E-state index is 13.3. The molecule has 8 heteroatoms. The number of carboxylic acids is 1. The Labute approximate surface area is 239 Å². The number of rotatable bonds is 10. The number of benzene rings is 3. The van der Waals surface area contributed by atoms with Crippen molar-refractivity contribution in [3.05, 3.63) is 95.6 Å². The number of nitrogens with zero attached hydrogens (tertiary/aromatic N) is 1. The summed E-state index contributed by atoms with van der Waals surface area (Å²) in [6, 6.07) is 25.6. The Bertz CT molecular complexity index is 1370. The van der Waals surface area contributed by atoms with Crippen molar-refractivity contribution in [2.45, 2.75) is 43.8 Å². The molecule has 0 spiro atoms. The van der Waals surface area contributed by atoms with Gasteiger partial charge in [0.25, 0.3) is 0 Å². The lowest BCUT2D eigenvalue weighted by atomic mass is 9.66. The van der Waals surface area contributed by atoms with E-state index in [9.17, 15) is 19.5 Å². The minimum atomic E-state index is -1.02. The highest BCUT2D eigenvalue weighted by Gasteiger charge is 2.47. The molecule has 3 fully saturated rings. The summed E-state index contributed by atoms with van der Waals surface area (Å²) in [5.41, 5.74) is 5.72. The first-order valence-electron chi connectivity index (χ1n) is 14.4. The first-order chi connectivity index (χ1) is 20.0. The van der Waals surface area contributed by atoms with Gasteiger partial charge in [0.2, 0.25) is 5.91 Å². The molecule has 1 saturated carbocycles. The number of carbonyl (C=O) groups is 3. The van der Waals surface area contributed by atoms with Crippen molar-refractivity contribution in [2.24, 2.45) is 11.8 Å². The van der Waals surface area contributed by atoms with Crippen LogP contribution in [-0.4, -0.2) is 59.8 Å². The number of amides is 2. The monoisotopic (exact) mass is 553 g/mol. The summed E-state index contributed by atoms with van der Waals surface area (Å²) in [6.07, 6.45) is 0.105. The zero-order valence-corrected chi connectivity index (χ0v) is 22.9. The third-order valence-corrected chi connectivity index (χ3v) is 8.76. The van der Waals surface area contributed by atoms with Crippen LogP contribution in [0.25, 0.3) is 11.1 Å². The van der Waals surface area contributed by atoms with Crippen LogP contribution in [0, 0.1) is 11.8 Å². The molecule has 4 aliphatic rings. The smallest absolute Gasteiger partial charge is 0.407 e. The molecule has 2 amide bonds. The SMILES string of the molecule is O=C(O)CCC(NC(=O)OCC1c2ccccc2-c2ccccc21)C(=O)NC1C2CC1CN(Cc1ccccc1)C2. The maximum Gasteiger partial charge on any atom is 0.407 e. The minimum absolute atomic E-state index is 0.00640. The van der Waals surface area contributed by atoms with E-state index in [1.807, 2.05) is 54.6 Å². The standard InChI is InChI=1S/C33H35N3O5/c37-30(38)15-14-29(32(39)35-31-22-16-23(31)19-36(18-22)17-21-8-2-1-3-9-21)34-33(40)41-20-28-26-12-6-4-10-24(26)25-11-5-7-13-27(25)28/h1-13,22-23,28-29,31H,14-20H2,(H,34,40)(H,35,39)(H,37,38). The Morgan fingerprint density at radius 2 is 1.49 bits per heavy atom. The van der Waals surface area contributed by atoms with Gasteiger partial charge in [0.05, 0.1) is 0 Å². The fourth-order valence-corrected chi connectivity index (χ4v) is 6.78. The van der Waals surface area contributed by atoms with E-state index in [1.165, 1.54) is 5.56 Å². The molecule has 8 nitrogen and oxygen atoms in total. The van der Waals surface area contributed by atoms with Gasteiger partial charge in [0.15, 0.2) is 0 Å². The molecule has 0 radical (unpaired) electrons. The van der Waals surface area contributed by atoms with Crippen LogP contribution < -0.4 is 10.6 Å². The summed E-state index contributed by atoms with van der Waals surface area (Å²) in [4.78, 5) is 39.9. The van der Waals surface area contributed by atoms with Crippen LogP contribution in [0.2, 0.25) is 0 Å². The topological polar surface area (TPSA) is 108 Å². The van der Waals surface area contributed by atoms with Gasteiger partial charge < -0.3 is 20.5 Å². The van der Waals surface area contributed by atoms with Gasteiger partial charge in [0, 0.05) is 38.0 Å². The van der Waals surface area contributed by atoms with Gasteiger partial charge in [-0.25, -0.2) is 4.79 Å². The Morgan fingerprint density at radius 3 is 2.12 bits per heavy atom. The second kappa shape index (κ2) is 11.7. The van der Waals surface area contributed by atoms with Crippen molar-refractivity contribution in [3.63, 3.8) is 0 Å². The highest BCUT2D eigenvalue weighted by molar-refractivity contribution is 5.86. The summed E-state index contributed by atoms with van der Waals surface area (Å²) in [5.74, 6) is -0.787. The molecular formula is C33H35N3O5. The first kappa shape index (κ1) is 27.0. The van der Waals surface area contributed by atoms with Gasteiger partial charge in [-0.3, -0.25) is 14.5 Å². The molecule has 3 aromatic rings. The molecule has 212 valence electrons. The molecule has 2 aliphatic heterocycles. The molecule has 2 aliphatic carbocycles. The first-order valence-corrected chi connectivity index (χ1v) is 14.4. The number of hydrogen-bond donors (Lipinski definition) is 3. The van der Waals surface area contributed by atoms with E-state index in [2.05, 4.69) is 39.8 Å². The molecule has 3 unspecified atom stereocenters. The Hall–Kier alpha value is -4.17. The third-order valence-electron chi connectivity index (χ3n) is 8.76. The number of aliphatic carboxylic acids is 1. The van der Waals surface area contributed by atoms with Crippen LogP contribution in [-0.2, 0) is 20.9 Å². The molecule has 7 rings (SSSR count). The second-order valence-corrected chi connectivity index (χ2v) is 11.4. The van der Waals surface area contributed by atoms with Crippen LogP contribution in [0.15, 0.2) is 78.9 Å². The Balaban J connectivity index is 1.05. The van der Waals surface area contributed by atoms with E-state index >= 15 is 0 Å². The van der Waals surface area contributed by atoms with Crippen molar-refractivity contribution in [1.82, 2.24) is 15.5 Å². The number of hydrogen-bond acceptors (Lipinski definition) is 5. The lowest BCUT2D eigenvalue weighted by Crippen LogP contribution is -2.65.